The minimum absolute atomic E-state index is 0.0527. The van der Waals surface area contributed by atoms with Crippen LogP contribution < -0.4 is 5.32 Å². The number of phenols is 1. The third kappa shape index (κ3) is 4.17. The molecule has 1 amide bonds. The summed E-state index contributed by atoms with van der Waals surface area (Å²) in [4.78, 5) is 26.6. The molecule has 3 aromatic carbocycles. The zero-order chi connectivity index (χ0) is 22.8. The minimum atomic E-state index is -0.482. The van der Waals surface area contributed by atoms with Crippen LogP contribution in [0, 0.1) is 10.1 Å². The van der Waals surface area contributed by atoms with Crippen LogP contribution in [0.4, 0.5) is 11.6 Å². The molecule has 0 bridgehead atoms. The second-order valence-electron chi connectivity index (χ2n) is 6.90. The number of nitrogens with one attached hydrogen (secondary N) is 1. The molecule has 1 heterocycles. The first kappa shape index (κ1) is 21.1. The molecule has 32 heavy (non-hydrogen) atoms. The van der Waals surface area contributed by atoms with E-state index in [1.54, 1.807) is 48.5 Å². The number of halogens is 1. The third-order valence-electron chi connectivity index (χ3n) is 4.66. The molecule has 4 rings (SSSR count). The van der Waals surface area contributed by atoms with Crippen LogP contribution in [-0.2, 0) is 4.79 Å². The Balaban J connectivity index is 1.77. The van der Waals surface area contributed by atoms with Crippen molar-refractivity contribution in [2.75, 3.05) is 5.32 Å². The lowest BCUT2D eigenvalue weighted by molar-refractivity contribution is -0.384. The zero-order valence-electron chi connectivity index (χ0n) is 16.7. The van der Waals surface area contributed by atoms with Crippen molar-refractivity contribution in [3.05, 3.63) is 81.9 Å². The van der Waals surface area contributed by atoms with Crippen molar-refractivity contribution in [3.8, 4) is 39.6 Å². The minimum Gasteiger partial charge on any atom is -0.507 e. The van der Waals surface area contributed by atoms with Crippen LogP contribution in [0.1, 0.15) is 6.92 Å². The fourth-order valence-corrected chi connectivity index (χ4v) is 3.43. The number of anilines is 1. The second kappa shape index (κ2) is 8.52. The summed E-state index contributed by atoms with van der Waals surface area (Å²) >= 11 is 6.29. The fraction of sp³-hybridized carbons (Fsp3) is 0.0435. The summed E-state index contributed by atoms with van der Waals surface area (Å²) in [5.41, 5.74) is 2.26. The number of aromatic hydroxyl groups is 1. The Labute approximate surface area is 187 Å². The van der Waals surface area contributed by atoms with Gasteiger partial charge in [-0.05, 0) is 29.3 Å². The van der Waals surface area contributed by atoms with E-state index < -0.39 is 4.92 Å². The van der Waals surface area contributed by atoms with Crippen molar-refractivity contribution in [3.63, 3.8) is 0 Å². The molecule has 0 unspecified atom stereocenters. The predicted molar refractivity (Wildman–Crippen MR) is 120 cm³/mol. The van der Waals surface area contributed by atoms with Gasteiger partial charge in [0.1, 0.15) is 11.4 Å². The van der Waals surface area contributed by atoms with Crippen molar-refractivity contribution in [1.82, 2.24) is 4.98 Å². The van der Waals surface area contributed by atoms with E-state index in [1.165, 1.54) is 25.1 Å². The van der Waals surface area contributed by atoms with E-state index in [2.05, 4.69) is 10.3 Å². The lowest BCUT2D eigenvalue weighted by atomic mass is 10.0. The SMILES string of the molecule is CC(=O)Nc1oc(-c2ccc(-c3cccc([N+](=O)[O-])c3)cc2O)nc1-c1ccccc1Cl. The van der Waals surface area contributed by atoms with Crippen LogP contribution in [0.5, 0.6) is 5.75 Å². The number of aromatic nitrogens is 1. The van der Waals surface area contributed by atoms with Gasteiger partial charge in [-0.3, -0.25) is 20.2 Å². The van der Waals surface area contributed by atoms with Gasteiger partial charge in [-0.15, -0.1) is 0 Å². The van der Waals surface area contributed by atoms with Crippen molar-refractivity contribution < 1.29 is 19.2 Å². The molecule has 0 saturated carbocycles. The molecular weight excluding hydrogens is 434 g/mol. The zero-order valence-corrected chi connectivity index (χ0v) is 17.5. The molecule has 8 nitrogen and oxygen atoms in total. The highest BCUT2D eigenvalue weighted by atomic mass is 35.5. The van der Waals surface area contributed by atoms with Crippen molar-refractivity contribution in [2.24, 2.45) is 0 Å². The summed E-state index contributed by atoms with van der Waals surface area (Å²) < 4.78 is 5.75. The molecule has 160 valence electrons. The van der Waals surface area contributed by atoms with Gasteiger partial charge in [-0.2, -0.15) is 0 Å². The first-order valence-electron chi connectivity index (χ1n) is 9.45. The number of hydrogen-bond donors (Lipinski definition) is 2. The number of benzene rings is 3. The van der Waals surface area contributed by atoms with Gasteiger partial charge in [0.2, 0.25) is 17.7 Å². The lowest BCUT2D eigenvalue weighted by Crippen LogP contribution is -2.05. The monoisotopic (exact) mass is 449 g/mol. The summed E-state index contributed by atoms with van der Waals surface area (Å²) in [6.07, 6.45) is 0. The molecular formula is C23H16ClN3O5. The Bertz CT molecular complexity index is 1350. The summed E-state index contributed by atoms with van der Waals surface area (Å²) in [5.74, 6) is -0.323. The van der Waals surface area contributed by atoms with E-state index in [1.807, 2.05) is 0 Å². The number of rotatable bonds is 5. The molecule has 9 heteroatoms. The van der Waals surface area contributed by atoms with Gasteiger partial charge >= 0.3 is 0 Å². The van der Waals surface area contributed by atoms with Gasteiger partial charge in [0.15, 0.2) is 0 Å². The van der Waals surface area contributed by atoms with Crippen LogP contribution >= 0.6 is 11.6 Å². The molecule has 0 radical (unpaired) electrons. The van der Waals surface area contributed by atoms with Crippen molar-refractivity contribution >= 4 is 29.1 Å². The first-order chi connectivity index (χ1) is 15.3. The average Bonchev–Trinajstić information content (AvgIpc) is 3.16. The van der Waals surface area contributed by atoms with Crippen molar-refractivity contribution in [2.45, 2.75) is 6.92 Å². The molecule has 0 aliphatic carbocycles. The van der Waals surface area contributed by atoms with Gasteiger partial charge in [0.25, 0.3) is 5.69 Å². The number of amides is 1. The molecule has 0 aliphatic rings. The highest BCUT2D eigenvalue weighted by molar-refractivity contribution is 6.33. The fourth-order valence-electron chi connectivity index (χ4n) is 3.21. The standard InChI is InChI=1S/C23H16ClN3O5/c1-13(28)25-23-21(17-7-2-3-8-19(17)24)26-22(32-23)18-10-9-15(12-20(18)29)14-5-4-6-16(11-14)27(30)31/h2-12,29H,1H3,(H,25,28). The van der Waals surface area contributed by atoms with Gasteiger partial charge in [0.05, 0.1) is 15.5 Å². The third-order valence-corrected chi connectivity index (χ3v) is 4.99. The van der Waals surface area contributed by atoms with Crippen LogP contribution in [0.3, 0.4) is 0 Å². The summed E-state index contributed by atoms with van der Waals surface area (Å²) in [6.45, 7) is 1.34. The largest absolute Gasteiger partial charge is 0.507 e. The average molecular weight is 450 g/mol. The molecule has 0 fully saturated rings. The van der Waals surface area contributed by atoms with Gasteiger partial charge in [-0.1, -0.05) is 48.0 Å². The maximum atomic E-state index is 11.6. The number of non-ortho nitro benzene ring substituents is 1. The van der Waals surface area contributed by atoms with Crippen LogP contribution in [0.15, 0.2) is 71.1 Å². The normalized spacial score (nSPS) is 10.7. The summed E-state index contributed by atoms with van der Waals surface area (Å²) in [5, 5.41) is 24.7. The van der Waals surface area contributed by atoms with Crippen molar-refractivity contribution in [1.29, 1.82) is 0 Å². The smallest absolute Gasteiger partial charge is 0.270 e. The van der Waals surface area contributed by atoms with E-state index in [4.69, 9.17) is 16.0 Å². The highest BCUT2D eigenvalue weighted by Crippen LogP contribution is 2.39. The predicted octanol–water partition coefficient (Wildman–Crippen LogP) is 5.90. The number of oxazole rings is 1. The quantitative estimate of drug-likeness (QED) is 0.289. The maximum Gasteiger partial charge on any atom is 0.270 e. The summed E-state index contributed by atoms with van der Waals surface area (Å²) in [7, 11) is 0. The number of carbonyl (C=O) groups excluding carboxylic acids is 1. The van der Waals surface area contributed by atoms with Crippen LogP contribution in [-0.4, -0.2) is 20.9 Å². The van der Waals surface area contributed by atoms with E-state index in [0.717, 1.165) is 0 Å². The number of hydrogen-bond acceptors (Lipinski definition) is 6. The van der Waals surface area contributed by atoms with Gasteiger partial charge < -0.3 is 9.52 Å². The molecule has 1 aromatic heterocycles. The number of nitro benzene ring substituents is 1. The number of phenolic OH excluding ortho intramolecular Hbond substituents is 1. The van der Waals surface area contributed by atoms with E-state index in [0.29, 0.717) is 27.4 Å². The van der Waals surface area contributed by atoms with E-state index >= 15 is 0 Å². The highest BCUT2D eigenvalue weighted by Gasteiger charge is 2.21. The Morgan fingerprint density at radius 2 is 1.81 bits per heavy atom. The lowest BCUT2D eigenvalue weighted by Gasteiger charge is -2.05. The Hall–Kier alpha value is -4.17. The molecule has 0 saturated heterocycles. The number of nitrogens with zero attached hydrogens (tertiary/aromatic N) is 2. The molecule has 0 aliphatic heterocycles. The maximum absolute atomic E-state index is 11.6. The first-order valence-corrected chi connectivity index (χ1v) is 9.83. The Kier molecular flexibility index (Phi) is 5.61. The molecule has 2 N–H and O–H groups in total. The molecule has 0 spiro atoms. The van der Waals surface area contributed by atoms with Crippen LogP contribution in [0.25, 0.3) is 33.8 Å². The van der Waals surface area contributed by atoms with Gasteiger partial charge in [0, 0.05) is 24.6 Å². The van der Waals surface area contributed by atoms with E-state index in [-0.39, 0.29) is 34.7 Å². The Morgan fingerprint density at radius 1 is 1.06 bits per heavy atom. The molecule has 0 atom stereocenters. The van der Waals surface area contributed by atoms with Gasteiger partial charge in [-0.25, -0.2) is 4.98 Å². The number of carbonyl (C=O) groups is 1. The topological polar surface area (TPSA) is 118 Å². The van der Waals surface area contributed by atoms with Crippen LogP contribution in [0.2, 0.25) is 5.02 Å². The summed E-state index contributed by atoms with van der Waals surface area (Å²) in [6, 6.07) is 17.8. The Morgan fingerprint density at radius 3 is 2.50 bits per heavy atom. The molecule has 4 aromatic rings. The second-order valence-corrected chi connectivity index (χ2v) is 7.30. The number of nitro groups is 1. The van der Waals surface area contributed by atoms with E-state index in [9.17, 15) is 20.0 Å².